The summed E-state index contributed by atoms with van der Waals surface area (Å²) >= 11 is 1.60. The Morgan fingerprint density at radius 2 is 2.00 bits per heavy atom. The van der Waals surface area contributed by atoms with Crippen LogP contribution in [0.1, 0.15) is 24.4 Å². The minimum Gasteiger partial charge on any atom is -0.369 e. The molecule has 0 saturated heterocycles. The van der Waals surface area contributed by atoms with Crippen LogP contribution in [-0.2, 0) is 11.6 Å². The number of thiophene rings is 1. The number of aromatic nitrogens is 2. The summed E-state index contributed by atoms with van der Waals surface area (Å²) in [5, 5.41) is 4.86. The zero-order chi connectivity index (χ0) is 15.7. The van der Waals surface area contributed by atoms with Crippen molar-refractivity contribution in [3.05, 3.63) is 34.2 Å². The fraction of sp³-hybridized carbons (Fsp3) is 0.385. The number of hydrogen-bond acceptors (Lipinski definition) is 5. The van der Waals surface area contributed by atoms with Crippen LogP contribution in [0, 0.1) is 0 Å². The number of nitrogens with one attached hydrogen (secondary N) is 1. The van der Waals surface area contributed by atoms with Gasteiger partial charge in [-0.25, -0.2) is 4.98 Å². The minimum atomic E-state index is -4.54. The number of anilines is 2. The second-order valence-electron chi connectivity index (χ2n) is 5.21. The first kappa shape index (κ1) is 15.6. The molecule has 0 bridgehead atoms. The minimum absolute atomic E-state index is 0.0689. The summed E-state index contributed by atoms with van der Waals surface area (Å²) in [6.45, 7) is 4.43. The smallest absolute Gasteiger partial charge is 0.369 e. The fourth-order valence-corrected chi connectivity index (χ4v) is 2.62. The molecule has 4 nitrogen and oxygen atoms in total. The second-order valence-corrected chi connectivity index (χ2v) is 6.16. The Bertz CT molecular complexity index is 608. The molecule has 0 aliphatic heterocycles. The Morgan fingerprint density at radius 3 is 2.57 bits per heavy atom. The van der Waals surface area contributed by atoms with Crippen molar-refractivity contribution in [3.63, 3.8) is 0 Å². The molecule has 0 aromatic carbocycles. The van der Waals surface area contributed by atoms with E-state index in [1.54, 1.807) is 11.3 Å². The van der Waals surface area contributed by atoms with Crippen molar-refractivity contribution in [1.29, 1.82) is 0 Å². The first-order chi connectivity index (χ1) is 9.68. The van der Waals surface area contributed by atoms with Gasteiger partial charge in [0.2, 0.25) is 5.95 Å². The Morgan fingerprint density at radius 1 is 1.29 bits per heavy atom. The lowest BCUT2D eigenvalue weighted by Gasteiger charge is -2.24. The number of nitrogens with two attached hydrogens (primary N) is 1. The Hall–Kier alpha value is -1.83. The molecule has 3 N–H and O–H groups in total. The molecule has 0 aliphatic rings. The molecule has 0 atom stereocenters. The molecule has 0 spiro atoms. The Balaban J connectivity index is 2.15. The van der Waals surface area contributed by atoms with Crippen LogP contribution in [0.4, 0.5) is 24.9 Å². The van der Waals surface area contributed by atoms with Crippen molar-refractivity contribution in [2.24, 2.45) is 0 Å². The largest absolute Gasteiger partial charge is 0.433 e. The van der Waals surface area contributed by atoms with Gasteiger partial charge < -0.3 is 11.1 Å². The van der Waals surface area contributed by atoms with Gasteiger partial charge in [-0.3, -0.25) is 0 Å². The van der Waals surface area contributed by atoms with Gasteiger partial charge in [0.15, 0.2) is 5.69 Å². The number of hydrogen-bond donors (Lipinski definition) is 2. The van der Waals surface area contributed by atoms with E-state index in [0.29, 0.717) is 6.54 Å². The Labute approximate surface area is 124 Å². The van der Waals surface area contributed by atoms with Crippen LogP contribution >= 0.6 is 11.3 Å². The molecule has 114 valence electrons. The Kier molecular flexibility index (Phi) is 4.08. The third kappa shape index (κ3) is 3.84. The van der Waals surface area contributed by atoms with E-state index in [2.05, 4.69) is 15.3 Å². The predicted molar refractivity (Wildman–Crippen MR) is 77.3 cm³/mol. The second kappa shape index (κ2) is 5.51. The highest BCUT2D eigenvalue weighted by molar-refractivity contribution is 7.10. The van der Waals surface area contributed by atoms with Crippen molar-refractivity contribution in [2.75, 3.05) is 17.6 Å². The van der Waals surface area contributed by atoms with E-state index in [1.165, 1.54) is 0 Å². The summed E-state index contributed by atoms with van der Waals surface area (Å²) in [5.41, 5.74) is 4.05. The first-order valence-electron chi connectivity index (χ1n) is 6.18. The highest BCUT2D eigenvalue weighted by atomic mass is 32.1. The van der Waals surface area contributed by atoms with Crippen LogP contribution in [0.25, 0.3) is 0 Å². The van der Waals surface area contributed by atoms with Crippen molar-refractivity contribution >= 4 is 23.1 Å². The third-order valence-electron chi connectivity index (χ3n) is 2.93. The van der Waals surface area contributed by atoms with Crippen LogP contribution in [0.3, 0.4) is 0 Å². The third-order valence-corrected chi connectivity index (χ3v) is 4.17. The van der Waals surface area contributed by atoms with E-state index < -0.39 is 17.8 Å². The molecule has 2 aromatic rings. The van der Waals surface area contributed by atoms with Crippen LogP contribution in [0.2, 0.25) is 0 Å². The van der Waals surface area contributed by atoms with Crippen molar-refractivity contribution in [2.45, 2.75) is 25.4 Å². The van der Waals surface area contributed by atoms with Crippen molar-refractivity contribution in [3.8, 4) is 0 Å². The topological polar surface area (TPSA) is 63.8 Å². The summed E-state index contributed by atoms with van der Waals surface area (Å²) in [7, 11) is 0. The molecule has 0 saturated carbocycles. The van der Waals surface area contributed by atoms with E-state index in [9.17, 15) is 13.2 Å². The lowest BCUT2D eigenvalue weighted by molar-refractivity contribution is -0.141. The number of nitrogen functional groups attached to an aromatic ring is 1. The van der Waals surface area contributed by atoms with E-state index in [0.717, 1.165) is 10.9 Å². The number of halogens is 3. The van der Waals surface area contributed by atoms with Gasteiger partial charge in [0.1, 0.15) is 5.82 Å². The van der Waals surface area contributed by atoms with Gasteiger partial charge in [0, 0.05) is 22.9 Å². The highest BCUT2D eigenvalue weighted by Gasteiger charge is 2.33. The molecule has 2 aromatic heterocycles. The molecule has 0 radical (unpaired) electrons. The highest BCUT2D eigenvalue weighted by Crippen LogP contribution is 2.30. The molecular weight excluding hydrogens is 301 g/mol. The van der Waals surface area contributed by atoms with E-state index in [1.807, 2.05) is 31.4 Å². The standard InChI is InChI=1S/C13H15F3N4S/c1-12(2,9-4-3-5-21-9)7-18-10-6-8(13(14,15)16)19-11(17)20-10/h3-6H,7H2,1-2H3,(H3,17,18,19,20). The molecule has 0 fully saturated rings. The van der Waals surface area contributed by atoms with Crippen molar-refractivity contribution < 1.29 is 13.2 Å². The van der Waals surface area contributed by atoms with Crippen molar-refractivity contribution in [1.82, 2.24) is 9.97 Å². The number of rotatable bonds is 4. The summed E-state index contributed by atoms with van der Waals surface area (Å²) < 4.78 is 38.0. The van der Waals surface area contributed by atoms with Crippen LogP contribution in [-0.4, -0.2) is 16.5 Å². The number of nitrogens with zero attached hydrogens (tertiary/aromatic N) is 2. The van der Waals surface area contributed by atoms with E-state index in [-0.39, 0.29) is 11.2 Å². The molecule has 21 heavy (non-hydrogen) atoms. The zero-order valence-electron chi connectivity index (χ0n) is 11.5. The maximum atomic E-state index is 12.7. The van der Waals surface area contributed by atoms with Crippen LogP contribution in [0.5, 0.6) is 0 Å². The summed E-state index contributed by atoms with van der Waals surface area (Å²) in [4.78, 5) is 8.13. The SMILES string of the molecule is CC(C)(CNc1cc(C(F)(F)F)nc(N)n1)c1cccs1. The van der Waals surface area contributed by atoms with E-state index >= 15 is 0 Å². The molecule has 2 rings (SSSR count). The van der Waals surface area contributed by atoms with Crippen LogP contribution < -0.4 is 11.1 Å². The summed E-state index contributed by atoms with van der Waals surface area (Å²) in [6.07, 6.45) is -4.54. The molecule has 8 heteroatoms. The first-order valence-corrected chi connectivity index (χ1v) is 7.06. The predicted octanol–water partition coefficient (Wildman–Crippen LogP) is 3.53. The average molecular weight is 316 g/mol. The molecular formula is C13H15F3N4S. The van der Waals surface area contributed by atoms with Gasteiger partial charge in [0.05, 0.1) is 0 Å². The van der Waals surface area contributed by atoms with Gasteiger partial charge in [-0.2, -0.15) is 18.2 Å². The van der Waals surface area contributed by atoms with Gasteiger partial charge in [-0.05, 0) is 11.4 Å². The lowest BCUT2D eigenvalue weighted by Crippen LogP contribution is -2.27. The zero-order valence-corrected chi connectivity index (χ0v) is 12.3. The normalized spacial score (nSPS) is 12.4. The van der Waals surface area contributed by atoms with Gasteiger partial charge >= 0.3 is 6.18 Å². The summed E-state index contributed by atoms with van der Waals surface area (Å²) in [5.74, 6) is -0.333. The molecule has 2 heterocycles. The van der Waals surface area contributed by atoms with Gasteiger partial charge in [-0.1, -0.05) is 19.9 Å². The quantitative estimate of drug-likeness (QED) is 0.906. The average Bonchev–Trinajstić information content (AvgIpc) is 2.89. The molecule has 0 unspecified atom stereocenters. The van der Waals surface area contributed by atoms with Gasteiger partial charge in [-0.15, -0.1) is 11.3 Å². The van der Waals surface area contributed by atoms with E-state index in [4.69, 9.17) is 5.73 Å². The maximum Gasteiger partial charge on any atom is 0.433 e. The summed E-state index contributed by atoms with van der Waals surface area (Å²) in [6, 6.07) is 4.79. The monoisotopic (exact) mass is 316 g/mol. The van der Waals surface area contributed by atoms with Gasteiger partial charge in [0.25, 0.3) is 0 Å². The lowest BCUT2D eigenvalue weighted by atomic mass is 9.91. The fourth-order valence-electron chi connectivity index (χ4n) is 1.76. The van der Waals surface area contributed by atoms with Crippen LogP contribution in [0.15, 0.2) is 23.6 Å². The molecule has 0 amide bonds. The maximum absolute atomic E-state index is 12.7. The molecule has 0 aliphatic carbocycles. The number of alkyl halides is 3.